The van der Waals surface area contributed by atoms with E-state index in [0.29, 0.717) is 4.47 Å². The lowest BCUT2D eigenvalue weighted by molar-refractivity contribution is -0.268. The molecular formula is C7H4BrO3-. The molecule has 0 aliphatic carbocycles. The average molecular weight is 216 g/mol. The predicted octanol–water partition coefficient (Wildman–Crippen LogP) is 1.22. The van der Waals surface area contributed by atoms with E-state index in [9.17, 15) is 9.90 Å². The van der Waals surface area contributed by atoms with Crippen molar-refractivity contribution in [2.75, 3.05) is 0 Å². The molecule has 0 saturated heterocycles. The van der Waals surface area contributed by atoms with Gasteiger partial charge in [-0.3, -0.25) is 0 Å². The van der Waals surface area contributed by atoms with Crippen molar-refractivity contribution in [3.05, 3.63) is 28.2 Å². The van der Waals surface area contributed by atoms with E-state index in [-0.39, 0.29) is 5.56 Å². The van der Waals surface area contributed by atoms with E-state index in [1.54, 1.807) is 0 Å². The summed E-state index contributed by atoms with van der Waals surface area (Å²) in [6, 6.07) is 4.23. The highest BCUT2D eigenvalue weighted by molar-refractivity contribution is 9.10. The number of benzene rings is 1. The smallest absolute Gasteiger partial charge is 0.336 e. The standard InChI is InChI=1S/C7H5BrO3/c8-4-2-1-3-5(9)6(4)7(10)11/h1-3,9H,(H,10,11)/p-1. The molecule has 0 spiro atoms. The number of hydrogen-bond donors (Lipinski definition) is 1. The molecule has 1 aromatic carbocycles. The summed E-state index contributed by atoms with van der Waals surface area (Å²) in [5.74, 6) is -1.69. The van der Waals surface area contributed by atoms with Gasteiger partial charge in [0.05, 0.1) is 5.56 Å². The van der Waals surface area contributed by atoms with Crippen LogP contribution in [0.5, 0.6) is 5.75 Å². The van der Waals surface area contributed by atoms with Crippen molar-refractivity contribution in [2.45, 2.75) is 0 Å². The first kappa shape index (κ1) is 8.07. The highest BCUT2D eigenvalue weighted by atomic mass is 79.9. The van der Waals surface area contributed by atoms with Gasteiger partial charge in [-0.15, -0.1) is 0 Å². The Balaban J connectivity index is 3.32. The van der Waals surface area contributed by atoms with Crippen LogP contribution in [-0.4, -0.2) is 11.1 Å². The molecule has 0 aliphatic rings. The Labute approximate surface area is 71.4 Å². The zero-order valence-corrected chi connectivity index (χ0v) is 6.96. The molecule has 1 aromatic rings. The fourth-order valence-electron chi connectivity index (χ4n) is 0.712. The van der Waals surface area contributed by atoms with E-state index in [1.165, 1.54) is 18.2 Å². The van der Waals surface area contributed by atoms with Crippen LogP contribution in [0, 0.1) is 0 Å². The molecule has 58 valence electrons. The molecular weight excluding hydrogens is 212 g/mol. The molecule has 4 heteroatoms. The molecule has 0 unspecified atom stereocenters. The van der Waals surface area contributed by atoms with Crippen molar-refractivity contribution >= 4 is 21.9 Å². The van der Waals surface area contributed by atoms with Gasteiger partial charge in [-0.05, 0) is 22.0 Å². The van der Waals surface area contributed by atoms with Crippen LogP contribution in [-0.2, 0) is 0 Å². The van der Waals surface area contributed by atoms with Gasteiger partial charge in [0, 0.05) is 4.47 Å². The number of rotatable bonds is 1. The molecule has 11 heavy (non-hydrogen) atoms. The SMILES string of the molecule is O=C(O)c1c([O-])cccc1Br. The summed E-state index contributed by atoms with van der Waals surface area (Å²) in [6.45, 7) is 0. The van der Waals surface area contributed by atoms with E-state index in [0.717, 1.165) is 0 Å². The van der Waals surface area contributed by atoms with E-state index in [4.69, 9.17) is 5.11 Å². The molecule has 3 nitrogen and oxygen atoms in total. The first-order valence-corrected chi connectivity index (χ1v) is 3.61. The number of carboxylic acid groups (broad SMARTS) is 1. The first-order valence-electron chi connectivity index (χ1n) is 2.81. The van der Waals surface area contributed by atoms with Crippen molar-refractivity contribution in [1.29, 1.82) is 0 Å². The Bertz CT molecular complexity index is 275. The van der Waals surface area contributed by atoms with Gasteiger partial charge in [0.2, 0.25) is 0 Å². The second-order valence-corrected chi connectivity index (χ2v) is 2.77. The Morgan fingerprint density at radius 2 is 2.18 bits per heavy atom. The van der Waals surface area contributed by atoms with Gasteiger partial charge in [0.15, 0.2) is 0 Å². The minimum atomic E-state index is -1.21. The number of carboxylic acids is 1. The average Bonchev–Trinajstić information content (AvgIpc) is 1.85. The topological polar surface area (TPSA) is 60.4 Å². The van der Waals surface area contributed by atoms with Crippen molar-refractivity contribution in [2.24, 2.45) is 0 Å². The summed E-state index contributed by atoms with van der Waals surface area (Å²) in [5, 5.41) is 19.4. The summed E-state index contributed by atoms with van der Waals surface area (Å²) in [6.07, 6.45) is 0. The quantitative estimate of drug-likeness (QED) is 0.767. The van der Waals surface area contributed by atoms with Crippen LogP contribution in [0.15, 0.2) is 22.7 Å². The monoisotopic (exact) mass is 215 g/mol. The second kappa shape index (κ2) is 2.92. The molecule has 0 radical (unpaired) electrons. The summed E-state index contributed by atoms with van der Waals surface area (Å²) >= 11 is 2.97. The zero-order chi connectivity index (χ0) is 8.43. The number of hydrogen-bond acceptors (Lipinski definition) is 2. The van der Waals surface area contributed by atoms with E-state index in [1.807, 2.05) is 0 Å². The normalized spacial score (nSPS) is 9.55. The van der Waals surface area contributed by atoms with Crippen molar-refractivity contribution in [1.82, 2.24) is 0 Å². The molecule has 1 N–H and O–H groups in total. The van der Waals surface area contributed by atoms with Crippen molar-refractivity contribution in [3.8, 4) is 5.75 Å². The maximum Gasteiger partial charge on any atom is 0.336 e. The molecule has 0 atom stereocenters. The minimum Gasteiger partial charge on any atom is -0.872 e. The first-order chi connectivity index (χ1) is 5.13. The fourth-order valence-corrected chi connectivity index (χ4v) is 1.23. The van der Waals surface area contributed by atoms with Gasteiger partial charge in [-0.25, -0.2) is 4.79 Å². The van der Waals surface area contributed by atoms with Crippen LogP contribution >= 0.6 is 15.9 Å². The highest BCUT2D eigenvalue weighted by Gasteiger charge is 2.06. The van der Waals surface area contributed by atoms with Crippen LogP contribution in [0.3, 0.4) is 0 Å². The molecule has 0 aromatic heterocycles. The second-order valence-electron chi connectivity index (χ2n) is 1.92. The molecule has 0 amide bonds. The third-order valence-corrected chi connectivity index (χ3v) is 1.85. The van der Waals surface area contributed by atoms with Crippen LogP contribution in [0.2, 0.25) is 0 Å². The lowest BCUT2D eigenvalue weighted by Gasteiger charge is -2.09. The molecule has 0 heterocycles. The molecule has 1 rings (SSSR count). The predicted molar refractivity (Wildman–Crippen MR) is 40.5 cm³/mol. The van der Waals surface area contributed by atoms with E-state index >= 15 is 0 Å². The third kappa shape index (κ3) is 1.51. The maximum atomic E-state index is 10.9. The lowest BCUT2D eigenvalue weighted by atomic mass is 10.2. The van der Waals surface area contributed by atoms with Crippen LogP contribution in [0.25, 0.3) is 0 Å². The summed E-state index contributed by atoms with van der Waals surface area (Å²) in [7, 11) is 0. The number of halogens is 1. The molecule has 0 aliphatic heterocycles. The Kier molecular flexibility index (Phi) is 2.14. The highest BCUT2D eigenvalue weighted by Crippen LogP contribution is 2.22. The van der Waals surface area contributed by atoms with Gasteiger partial charge in [-0.1, -0.05) is 17.9 Å². The van der Waals surface area contributed by atoms with Crippen LogP contribution in [0.4, 0.5) is 0 Å². The number of aromatic carboxylic acids is 1. The Hall–Kier alpha value is -1.03. The van der Waals surface area contributed by atoms with E-state index < -0.39 is 11.7 Å². The molecule has 0 saturated carbocycles. The van der Waals surface area contributed by atoms with E-state index in [2.05, 4.69) is 15.9 Å². The van der Waals surface area contributed by atoms with Gasteiger partial charge < -0.3 is 10.2 Å². The Morgan fingerprint density at radius 1 is 1.55 bits per heavy atom. The summed E-state index contributed by atoms with van der Waals surface area (Å²) < 4.78 is 0.317. The molecule has 0 fully saturated rings. The minimum absolute atomic E-state index is 0.215. The van der Waals surface area contributed by atoms with Gasteiger partial charge in [-0.2, -0.15) is 0 Å². The van der Waals surface area contributed by atoms with Gasteiger partial charge >= 0.3 is 5.97 Å². The number of carbonyl (C=O) groups is 1. The Morgan fingerprint density at radius 3 is 2.55 bits per heavy atom. The van der Waals surface area contributed by atoms with Crippen LogP contribution < -0.4 is 5.11 Å². The zero-order valence-electron chi connectivity index (χ0n) is 5.37. The maximum absolute atomic E-state index is 10.9. The third-order valence-electron chi connectivity index (χ3n) is 1.19. The van der Waals surface area contributed by atoms with Gasteiger partial charge in [0.25, 0.3) is 0 Å². The molecule has 0 bridgehead atoms. The lowest BCUT2D eigenvalue weighted by Crippen LogP contribution is -2.04. The summed E-state index contributed by atoms with van der Waals surface area (Å²) in [5.41, 5.74) is -0.215. The van der Waals surface area contributed by atoms with Crippen molar-refractivity contribution < 1.29 is 15.0 Å². The largest absolute Gasteiger partial charge is 0.872 e. The fraction of sp³-hybridized carbons (Fsp3) is 0. The summed E-state index contributed by atoms with van der Waals surface area (Å²) in [4.78, 5) is 10.4. The van der Waals surface area contributed by atoms with Gasteiger partial charge in [0.1, 0.15) is 0 Å². The van der Waals surface area contributed by atoms with Crippen molar-refractivity contribution in [3.63, 3.8) is 0 Å². The van der Waals surface area contributed by atoms with Crippen LogP contribution in [0.1, 0.15) is 10.4 Å².